The van der Waals surface area contributed by atoms with Crippen molar-refractivity contribution in [1.82, 2.24) is 5.32 Å². The number of hydrogen-bond donors (Lipinski definition) is 1. The van der Waals surface area contributed by atoms with Crippen LogP contribution < -0.4 is 5.32 Å². The van der Waals surface area contributed by atoms with Crippen molar-refractivity contribution in [3.63, 3.8) is 0 Å². The number of halogens is 1. The van der Waals surface area contributed by atoms with Crippen LogP contribution in [0.4, 0.5) is 0 Å². The van der Waals surface area contributed by atoms with E-state index in [-0.39, 0.29) is 0 Å². The lowest BCUT2D eigenvalue weighted by Gasteiger charge is -2.57. The van der Waals surface area contributed by atoms with Gasteiger partial charge >= 0.3 is 0 Å². The van der Waals surface area contributed by atoms with E-state index >= 15 is 0 Å². The van der Waals surface area contributed by atoms with Crippen molar-refractivity contribution in [3.05, 3.63) is 34.3 Å². The number of hydrogen-bond acceptors (Lipinski definition) is 1. The Morgan fingerprint density at radius 1 is 0.950 bits per heavy atom. The molecule has 2 heteroatoms. The molecule has 0 atom stereocenters. The first-order valence-electron chi connectivity index (χ1n) is 8.20. The Kier molecular flexibility index (Phi) is 3.42. The highest BCUT2D eigenvalue weighted by molar-refractivity contribution is 9.10. The molecule has 1 aromatic rings. The highest BCUT2D eigenvalue weighted by Gasteiger charge is 2.50. The summed E-state index contributed by atoms with van der Waals surface area (Å²) < 4.78 is 1.18. The van der Waals surface area contributed by atoms with Crippen molar-refractivity contribution in [2.24, 2.45) is 17.8 Å². The average Bonchev–Trinajstić information content (AvgIpc) is 2.39. The van der Waals surface area contributed by atoms with E-state index < -0.39 is 0 Å². The molecule has 0 spiro atoms. The van der Waals surface area contributed by atoms with Crippen LogP contribution in [0.1, 0.15) is 44.1 Å². The SMILES string of the molecule is Brc1ccc(CCNC23CC4CC(CC(C4)C2)C3)cc1. The van der Waals surface area contributed by atoms with E-state index in [4.69, 9.17) is 0 Å². The van der Waals surface area contributed by atoms with Crippen LogP contribution in [-0.2, 0) is 6.42 Å². The molecular weight excluding hydrogens is 310 g/mol. The fraction of sp³-hybridized carbons (Fsp3) is 0.667. The van der Waals surface area contributed by atoms with Gasteiger partial charge in [-0.2, -0.15) is 0 Å². The minimum Gasteiger partial charge on any atom is -0.311 e. The first-order valence-corrected chi connectivity index (χ1v) is 9.00. The van der Waals surface area contributed by atoms with Gasteiger partial charge < -0.3 is 5.32 Å². The molecule has 0 aromatic heterocycles. The Morgan fingerprint density at radius 2 is 1.50 bits per heavy atom. The van der Waals surface area contributed by atoms with Gasteiger partial charge in [-0.05, 0) is 86.9 Å². The van der Waals surface area contributed by atoms with Crippen LogP contribution in [-0.4, -0.2) is 12.1 Å². The van der Waals surface area contributed by atoms with Crippen molar-refractivity contribution in [1.29, 1.82) is 0 Å². The topological polar surface area (TPSA) is 12.0 Å². The molecule has 4 saturated carbocycles. The summed E-state index contributed by atoms with van der Waals surface area (Å²) in [5.41, 5.74) is 1.97. The minimum absolute atomic E-state index is 0.518. The predicted molar refractivity (Wildman–Crippen MR) is 86.8 cm³/mol. The third-order valence-electron chi connectivity index (χ3n) is 5.87. The van der Waals surface area contributed by atoms with Crippen LogP contribution >= 0.6 is 15.9 Å². The zero-order valence-electron chi connectivity index (χ0n) is 12.1. The van der Waals surface area contributed by atoms with Crippen LogP contribution in [0.25, 0.3) is 0 Å². The summed E-state index contributed by atoms with van der Waals surface area (Å²) >= 11 is 3.51. The molecule has 4 bridgehead atoms. The number of nitrogens with one attached hydrogen (secondary N) is 1. The predicted octanol–water partition coefficient (Wildman–Crippen LogP) is 4.55. The second-order valence-electron chi connectivity index (χ2n) is 7.50. The maximum Gasteiger partial charge on any atom is 0.0189 e. The molecule has 0 radical (unpaired) electrons. The second-order valence-corrected chi connectivity index (χ2v) is 8.42. The molecule has 5 rings (SSSR count). The molecule has 4 aliphatic carbocycles. The normalized spacial score (nSPS) is 38.4. The van der Waals surface area contributed by atoms with Crippen LogP contribution in [0, 0.1) is 17.8 Å². The van der Waals surface area contributed by atoms with Crippen LogP contribution in [0.15, 0.2) is 28.7 Å². The van der Waals surface area contributed by atoms with Gasteiger partial charge in [-0.3, -0.25) is 0 Å². The van der Waals surface area contributed by atoms with Crippen molar-refractivity contribution >= 4 is 15.9 Å². The standard InChI is InChI=1S/C18H24BrN/c19-17-3-1-13(2-4-17)5-6-20-18-10-14-7-15(11-18)9-16(8-14)12-18/h1-4,14-16,20H,5-12H2. The van der Waals surface area contributed by atoms with Gasteiger partial charge in [0.05, 0.1) is 0 Å². The molecule has 1 nitrogen and oxygen atoms in total. The fourth-order valence-electron chi connectivity index (χ4n) is 5.45. The second kappa shape index (κ2) is 5.14. The molecule has 4 aliphatic rings. The summed E-state index contributed by atoms with van der Waals surface area (Å²) in [7, 11) is 0. The van der Waals surface area contributed by atoms with Gasteiger partial charge in [0.1, 0.15) is 0 Å². The van der Waals surface area contributed by atoms with E-state index in [9.17, 15) is 0 Å². The lowest BCUT2D eigenvalue weighted by molar-refractivity contribution is -0.0192. The lowest BCUT2D eigenvalue weighted by Crippen LogP contribution is -2.58. The molecule has 1 aromatic carbocycles. The summed E-state index contributed by atoms with van der Waals surface area (Å²) in [5.74, 6) is 3.13. The summed E-state index contributed by atoms with van der Waals surface area (Å²) in [6.07, 6.45) is 10.1. The third kappa shape index (κ3) is 2.57. The van der Waals surface area contributed by atoms with Crippen LogP contribution in [0.3, 0.4) is 0 Å². The fourth-order valence-corrected chi connectivity index (χ4v) is 5.71. The van der Waals surface area contributed by atoms with E-state index in [1.807, 2.05) is 0 Å². The molecule has 0 amide bonds. The Balaban J connectivity index is 1.36. The quantitative estimate of drug-likeness (QED) is 0.852. The summed E-state index contributed by atoms with van der Waals surface area (Å²) in [4.78, 5) is 0. The minimum atomic E-state index is 0.518. The maximum atomic E-state index is 3.98. The van der Waals surface area contributed by atoms with E-state index in [0.717, 1.165) is 30.7 Å². The van der Waals surface area contributed by atoms with Gasteiger partial charge in [0.2, 0.25) is 0 Å². The van der Waals surface area contributed by atoms with E-state index in [2.05, 4.69) is 45.5 Å². The van der Waals surface area contributed by atoms with Gasteiger partial charge in [0.15, 0.2) is 0 Å². The largest absolute Gasteiger partial charge is 0.311 e. The molecule has 0 unspecified atom stereocenters. The molecule has 4 fully saturated rings. The molecule has 0 aliphatic heterocycles. The molecule has 1 N–H and O–H groups in total. The van der Waals surface area contributed by atoms with Crippen LogP contribution in [0.2, 0.25) is 0 Å². The van der Waals surface area contributed by atoms with E-state index in [1.165, 1.54) is 48.6 Å². The van der Waals surface area contributed by atoms with Gasteiger partial charge in [-0.1, -0.05) is 28.1 Å². The monoisotopic (exact) mass is 333 g/mol. The average molecular weight is 334 g/mol. The summed E-state index contributed by atoms with van der Waals surface area (Å²) in [6, 6.07) is 8.79. The third-order valence-corrected chi connectivity index (χ3v) is 6.39. The molecular formula is C18H24BrN. The van der Waals surface area contributed by atoms with Crippen molar-refractivity contribution in [2.45, 2.75) is 50.5 Å². The smallest absolute Gasteiger partial charge is 0.0189 e. The van der Waals surface area contributed by atoms with Gasteiger partial charge in [-0.15, -0.1) is 0 Å². The van der Waals surface area contributed by atoms with Gasteiger partial charge in [-0.25, -0.2) is 0 Å². The van der Waals surface area contributed by atoms with E-state index in [0.29, 0.717) is 5.54 Å². The Morgan fingerprint density at radius 3 is 2.05 bits per heavy atom. The Bertz CT molecular complexity index is 443. The number of rotatable bonds is 4. The summed E-state index contributed by atoms with van der Waals surface area (Å²) in [5, 5.41) is 3.98. The molecule has 108 valence electrons. The Hall–Kier alpha value is -0.340. The first kappa shape index (κ1) is 13.3. The molecule has 20 heavy (non-hydrogen) atoms. The van der Waals surface area contributed by atoms with Crippen LogP contribution in [0.5, 0.6) is 0 Å². The van der Waals surface area contributed by atoms with Crippen molar-refractivity contribution in [3.8, 4) is 0 Å². The van der Waals surface area contributed by atoms with Crippen molar-refractivity contribution < 1.29 is 0 Å². The van der Waals surface area contributed by atoms with E-state index in [1.54, 1.807) is 0 Å². The molecule has 0 saturated heterocycles. The Labute approximate surface area is 130 Å². The first-order chi connectivity index (χ1) is 9.71. The highest BCUT2D eigenvalue weighted by atomic mass is 79.9. The number of benzene rings is 1. The zero-order chi connectivity index (χ0) is 13.6. The molecule has 0 heterocycles. The van der Waals surface area contributed by atoms with Gasteiger partial charge in [0.25, 0.3) is 0 Å². The maximum absolute atomic E-state index is 3.98. The zero-order valence-corrected chi connectivity index (χ0v) is 13.7. The summed E-state index contributed by atoms with van der Waals surface area (Å²) in [6.45, 7) is 1.15. The van der Waals surface area contributed by atoms with Crippen molar-refractivity contribution in [2.75, 3.05) is 6.54 Å². The van der Waals surface area contributed by atoms with Gasteiger partial charge in [0, 0.05) is 10.0 Å². The lowest BCUT2D eigenvalue weighted by atomic mass is 9.53. The highest BCUT2D eigenvalue weighted by Crippen LogP contribution is 2.55.